The molecule has 0 aliphatic heterocycles. The van der Waals surface area contributed by atoms with E-state index >= 15 is 0 Å². The number of hydrogen-bond donors (Lipinski definition) is 2. The normalized spacial score (nSPS) is 10.5. The van der Waals surface area contributed by atoms with E-state index in [1.807, 2.05) is 6.92 Å². The number of carbonyl (C=O) groups excluding carboxylic acids is 1. The van der Waals surface area contributed by atoms with Crippen LogP contribution in [0.25, 0.3) is 10.9 Å². The zero-order chi connectivity index (χ0) is 24.1. The number of hydrogen-bond acceptors (Lipinski definition) is 7. The van der Waals surface area contributed by atoms with Crippen LogP contribution in [0.2, 0.25) is 0 Å². The average molecular weight is 457 g/mol. The Balaban J connectivity index is 1.55. The fraction of sp³-hybridized carbons (Fsp3) is 0.200. The molecule has 0 saturated carbocycles. The molecule has 2 heterocycles. The van der Waals surface area contributed by atoms with Crippen LogP contribution in [0, 0.1) is 11.3 Å². The molecule has 9 heteroatoms. The molecule has 172 valence electrons. The van der Waals surface area contributed by atoms with Crippen LogP contribution in [0.5, 0.6) is 23.0 Å². The third-order valence-electron chi connectivity index (χ3n) is 5.26. The molecule has 0 saturated heterocycles. The molecule has 0 spiro atoms. The quantitative estimate of drug-likeness (QED) is 0.402. The van der Waals surface area contributed by atoms with E-state index in [1.54, 1.807) is 48.7 Å². The van der Waals surface area contributed by atoms with Gasteiger partial charge in [-0.15, -0.1) is 0 Å². The van der Waals surface area contributed by atoms with Crippen LogP contribution in [-0.4, -0.2) is 35.3 Å². The van der Waals surface area contributed by atoms with Crippen molar-refractivity contribution >= 4 is 22.6 Å². The molecule has 2 aromatic carbocycles. The first-order chi connectivity index (χ1) is 16.5. The van der Waals surface area contributed by atoms with Gasteiger partial charge in [0.2, 0.25) is 5.91 Å². The number of anilines is 1. The average Bonchev–Trinajstić information content (AvgIpc) is 3.31. The maximum absolute atomic E-state index is 12.5. The van der Waals surface area contributed by atoms with E-state index < -0.39 is 0 Å². The van der Waals surface area contributed by atoms with Gasteiger partial charge in [0.25, 0.3) is 0 Å². The second kappa shape index (κ2) is 9.92. The molecular weight excluding hydrogens is 434 g/mol. The minimum atomic E-state index is -0.209. The molecule has 1 amide bonds. The van der Waals surface area contributed by atoms with Crippen LogP contribution in [-0.2, 0) is 17.6 Å². The lowest BCUT2D eigenvalue weighted by Crippen LogP contribution is -2.15. The number of carbonyl (C=O) groups is 1. The van der Waals surface area contributed by atoms with Crippen molar-refractivity contribution in [2.45, 2.75) is 19.8 Å². The minimum absolute atomic E-state index is 0.112. The van der Waals surface area contributed by atoms with Gasteiger partial charge in [0.05, 0.1) is 31.7 Å². The number of nitrogens with one attached hydrogen (secondary N) is 2. The van der Waals surface area contributed by atoms with Gasteiger partial charge in [-0.2, -0.15) is 10.4 Å². The predicted octanol–water partition coefficient (Wildman–Crippen LogP) is 4.38. The molecule has 4 rings (SSSR count). The first-order valence-electron chi connectivity index (χ1n) is 10.6. The Morgan fingerprint density at radius 2 is 1.91 bits per heavy atom. The number of aromatic amines is 1. The Labute approximate surface area is 196 Å². The molecule has 0 aliphatic rings. The summed E-state index contributed by atoms with van der Waals surface area (Å²) in [6, 6.07) is 14.3. The van der Waals surface area contributed by atoms with Crippen LogP contribution in [0.4, 0.5) is 5.82 Å². The van der Waals surface area contributed by atoms with E-state index in [4.69, 9.17) is 14.2 Å². The van der Waals surface area contributed by atoms with E-state index in [-0.39, 0.29) is 12.3 Å². The van der Waals surface area contributed by atoms with Gasteiger partial charge < -0.3 is 19.5 Å². The highest BCUT2D eigenvalue weighted by Crippen LogP contribution is 2.34. The first kappa shape index (κ1) is 22.6. The summed E-state index contributed by atoms with van der Waals surface area (Å²) in [4.78, 5) is 16.8. The van der Waals surface area contributed by atoms with Gasteiger partial charge in [0, 0.05) is 41.0 Å². The monoisotopic (exact) mass is 457 g/mol. The lowest BCUT2D eigenvalue weighted by molar-refractivity contribution is -0.115. The zero-order valence-electron chi connectivity index (χ0n) is 19.0. The van der Waals surface area contributed by atoms with Crippen molar-refractivity contribution in [3.63, 3.8) is 0 Å². The number of methoxy groups -OCH3 is 2. The highest BCUT2D eigenvalue weighted by molar-refractivity contribution is 5.92. The largest absolute Gasteiger partial charge is 0.496 e. The van der Waals surface area contributed by atoms with E-state index in [2.05, 4.69) is 26.6 Å². The number of pyridine rings is 1. The highest BCUT2D eigenvalue weighted by atomic mass is 16.5. The molecule has 0 bridgehead atoms. The van der Waals surface area contributed by atoms with E-state index in [9.17, 15) is 10.1 Å². The van der Waals surface area contributed by atoms with Crippen molar-refractivity contribution in [2.24, 2.45) is 0 Å². The van der Waals surface area contributed by atoms with Crippen LogP contribution in [0.3, 0.4) is 0 Å². The Hall–Kier alpha value is -4.58. The van der Waals surface area contributed by atoms with Crippen molar-refractivity contribution in [1.82, 2.24) is 15.2 Å². The van der Waals surface area contributed by atoms with Gasteiger partial charge >= 0.3 is 0 Å². The molecule has 4 aromatic rings. The first-order valence-corrected chi connectivity index (χ1v) is 10.6. The van der Waals surface area contributed by atoms with Gasteiger partial charge in [0.1, 0.15) is 29.1 Å². The number of nitrogens with zero attached hydrogens (tertiary/aromatic N) is 3. The Morgan fingerprint density at radius 3 is 2.62 bits per heavy atom. The van der Waals surface area contributed by atoms with Gasteiger partial charge in [-0.05, 0) is 24.6 Å². The highest BCUT2D eigenvalue weighted by Gasteiger charge is 2.14. The van der Waals surface area contributed by atoms with E-state index in [1.165, 1.54) is 14.2 Å². The van der Waals surface area contributed by atoms with Gasteiger partial charge in [-0.25, -0.2) is 0 Å². The summed E-state index contributed by atoms with van der Waals surface area (Å²) in [6.07, 6.45) is 2.54. The summed E-state index contributed by atoms with van der Waals surface area (Å²) in [7, 11) is 3.04. The molecule has 2 aromatic heterocycles. The SMILES string of the molecule is CCc1cc(NC(=O)Cc2ccc(Oc3ccnc4cc(OC)c(C#N)cc34)cc2OC)n[nH]1. The predicted molar refractivity (Wildman–Crippen MR) is 126 cm³/mol. The lowest BCUT2D eigenvalue weighted by atomic mass is 10.1. The minimum Gasteiger partial charge on any atom is -0.496 e. The van der Waals surface area contributed by atoms with Crippen molar-refractivity contribution in [3.8, 4) is 29.1 Å². The summed E-state index contributed by atoms with van der Waals surface area (Å²) < 4.78 is 16.9. The van der Waals surface area contributed by atoms with Crippen molar-refractivity contribution in [3.05, 3.63) is 65.5 Å². The van der Waals surface area contributed by atoms with Gasteiger partial charge in [0.15, 0.2) is 5.82 Å². The number of aryl methyl sites for hydroxylation is 1. The van der Waals surface area contributed by atoms with Crippen LogP contribution >= 0.6 is 0 Å². The fourth-order valence-electron chi connectivity index (χ4n) is 3.52. The smallest absolute Gasteiger partial charge is 0.230 e. The number of H-pyrrole nitrogens is 1. The molecule has 2 N–H and O–H groups in total. The molecule has 9 nitrogen and oxygen atoms in total. The fourth-order valence-corrected chi connectivity index (χ4v) is 3.52. The second-order valence-corrected chi connectivity index (χ2v) is 7.42. The molecule has 0 unspecified atom stereocenters. The number of ether oxygens (including phenoxy) is 3. The van der Waals surface area contributed by atoms with Gasteiger partial charge in [-0.1, -0.05) is 13.0 Å². The van der Waals surface area contributed by atoms with Crippen molar-refractivity contribution < 1.29 is 19.0 Å². The number of amides is 1. The summed E-state index contributed by atoms with van der Waals surface area (Å²) in [5.41, 5.74) is 2.67. The number of fused-ring (bicyclic) bond motifs is 1. The van der Waals surface area contributed by atoms with Crippen LogP contribution < -0.4 is 19.5 Å². The molecule has 0 atom stereocenters. The summed E-state index contributed by atoms with van der Waals surface area (Å²) >= 11 is 0. The van der Waals surface area contributed by atoms with E-state index in [0.29, 0.717) is 50.8 Å². The van der Waals surface area contributed by atoms with Crippen molar-refractivity contribution in [1.29, 1.82) is 5.26 Å². The van der Waals surface area contributed by atoms with E-state index in [0.717, 1.165) is 12.1 Å². The Morgan fingerprint density at radius 1 is 1.09 bits per heavy atom. The third-order valence-corrected chi connectivity index (χ3v) is 5.26. The topological polar surface area (TPSA) is 122 Å². The van der Waals surface area contributed by atoms with Crippen LogP contribution in [0.15, 0.2) is 48.7 Å². The maximum Gasteiger partial charge on any atom is 0.230 e. The molecule has 0 fully saturated rings. The van der Waals surface area contributed by atoms with Crippen molar-refractivity contribution in [2.75, 3.05) is 19.5 Å². The molecule has 0 aliphatic carbocycles. The second-order valence-electron chi connectivity index (χ2n) is 7.42. The van der Waals surface area contributed by atoms with Gasteiger partial charge in [-0.3, -0.25) is 14.9 Å². The number of aromatic nitrogens is 3. The summed E-state index contributed by atoms with van der Waals surface area (Å²) in [5, 5.41) is 19.8. The zero-order valence-corrected chi connectivity index (χ0v) is 19.0. The molecule has 0 radical (unpaired) electrons. The van der Waals surface area contributed by atoms with Crippen LogP contribution in [0.1, 0.15) is 23.7 Å². The number of nitriles is 1. The standard InChI is InChI=1S/C25H23N5O4/c1-4-17-11-24(30-29-17)28-25(31)10-15-5-6-18(12-22(15)32-2)34-21-7-8-27-20-13-23(33-3)16(14-26)9-19(20)21/h5-9,11-13H,4,10H2,1-3H3,(H2,28,29,30,31). The number of rotatable bonds is 8. The molecule has 34 heavy (non-hydrogen) atoms. The number of benzene rings is 2. The lowest BCUT2D eigenvalue weighted by Gasteiger charge is -2.13. The summed E-state index contributed by atoms with van der Waals surface area (Å²) in [5.74, 6) is 2.29. The Bertz CT molecular complexity index is 1390. The summed E-state index contributed by atoms with van der Waals surface area (Å²) in [6.45, 7) is 2.00. The maximum atomic E-state index is 12.5. The Kier molecular flexibility index (Phi) is 6.59. The third kappa shape index (κ3) is 4.76. The molecular formula is C25H23N5O4.